The maximum Gasteiger partial charge on any atom is 0.0426 e. The largest absolute Gasteiger partial charge is 0.372 e. The molecule has 0 unspecified atom stereocenters. The van der Waals surface area contributed by atoms with Gasteiger partial charge in [0, 0.05) is 30.3 Å². The Labute approximate surface area is 116 Å². The average Bonchev–Trinajstić information content (AvgIpc) is 2.38. The Kier molecular flexibility index (Phi) is 7.14. The van der Waals surface area contributed by atoms with Crippen molar-refractivity contribution in [3.63, 3.8) is 0 Å². The van der Waals surface area contributed by atoms with Gasteiger partial charge in [0.1, 0.15) is 0 Å². The SMILES string of the molecule is CCCNCc1ccc(Cl)cc1N(CC)CCC. The standard InChI is InChI=1S/C15H25ClN2/c1-4-9-17-12-13-7-8-14(16)11-15(13)18(6-3)10-5-2/h7-8,11,17H,4-6,9-10,12H2,1-3H3. The van der Waals surface area contributed by atoms with Crippen LogP contribution in [0.25, 0.3) is 0 Å². The summed E-state index contributed by atoms with van der Waals surface area (Å²) in [5.41, 5.74) is 2.61. The smallest absolute Gasteiger partial charge is 0.0426 e. The van der Waals surface area contributed by atoms with Crippen molar-refractivity contribution in [1.29, 1.82) is 0 Å². The number of benzene rings is 1. The van der Waals surface area contributed by atoms with Crippen molar-refractivity contribution in [3.05, 3.63) is 28.8 Å². The normalized spacial score (nSPS) is 10.7. The molecule has 0 atom stereocenters. The van der Waals surface area contributed by atoms with E-state index < -0.39 is 0 Å². The van der Waals surface area contributed by atoms with E-state index in [1.54, 1.807) is 0 Å². The highest BCUT2D eigenvalue weighted by Crippen LogP contribution is 2.25. The first-order chi connectivity index (χ1) is 8.72. The molecule has 1 aromatic carbocycles. The molecule has 2 nitrogen and oxygen atoms in total. The van der Waals surface area contributed by atoms with Crippen LogP contribution in [0, 0.1) is 0 Å². The van der Waals surface area contributed by atoms with Gasteiger partial charge in [0.05, 0.1) is 0 Å². The number of halogens is 1. The van der Waals surface area contributed by atoms with Crippen LogP contribution in [-0.2, 0) is 6.54 Å². The molecule has 0 aliphatic rings. The lowest BCUT2D eigenvalue weighted by Gasteiger charge is -2.25. The third-order valence-electron chi connectivity index (χ3n) is 3.01. The molecule has 0 saturated heterocycles. The van der Waals surface area contributed by atoms with E-state index in [0.29, 0.717) is 0 Å². The lowest BCUT2D eigenvalue weighted by atomic mass is 10.1. The van der Waals surface area contributed by atoms with Gasteiger partial charge in [-0.15, -0.1) is 0 Å². The van der Waals surface area contributed by atoms with Gasteiger partial charge in [-0.05, 0) is 44.0 Å². The Morgan fingerprint density at radius 1 is 1.17 bits per heavy atom. The average molecular weight is 269 g/mol. The molecule has 0 aliphatic heterocycles. The van der Waals surface area contributed by atoms with E-state index in [4.69, 9.17) is 11.6 Å². The molecule has 1 aromatic rings. The van der Waals surface area contributed by atoms with Crippen LogP contribution in [-0.4, -0.2) is 19.6 Å². The Morgan fingerprint density at radius 2 is 1.94 bits per heavy atom. The number of anilines is 1. The molecule has 0 saturated carbocycles. The minimum Gasteiger partial charge on any atom is -0.372 e. The summed E-state index contributed by atoms with van der Waals surface area (Å²) >= 11 is 6.13. The number of nitrogens with one attached hydrogen (secondary N) is 1. The van der Waals surface area contributed by atoms with E-state index in [0.717, 1.165) is 44.0 Å². The molecule has 0 aromatic heterocycles. The maximum absolute atomic E-state index is 6.13. The predicted molar refractivity (Wildman–Crippen MR) is 81.6 cm³/mol. The van der Waals surface area contributed by atoms with Gasteiger partial charge in [0.25, 0.3) is 0 Å². The predicted octanol–water partition coefficient (Wildman–Crippen LogP) is 4.08. The fraction of sp³-hybridized carbons (Fsp3) is 0.600. The number of hydrogen-bond acceptors (Lipinski definition) is 2. The molecule has 3 heteroatoms. The third-order valence-corrected chi connectivity index (χ3v) is 3.24. The van der Waals surface area contributed by atoms with Crippen LogP contribution in [0.15, 0.2) is 18.2 Å². The molecule has 0 aliphatic carbocycles. The van der Waals surface area contributed by atoms with E-state index in [2.05, 4.69) is 43.1 Å². The highest BCUT2D eigenvalue weighted by molar-refractivity contribution is 6.30. The van der Waals surface area contributed by atoms with Crippen LogP contribution in [0.3, 0.4) is 0 Å². The van der Waals surface area contributed by atoms with Gasteiger partial charge in [-0.25, -0.2) is 0 Å². The van der Waals surface area contributed by atoms with Crippen molar-refractivity contribution < 1.29 is 0 Å². The van der Waals surface area contributed by atoms with Gasteiger partial charge in [0.15, 0.2) is 0 Å². The van der Waals surface area contributed by atoms with Crippen molar-refractivity contribution >= 4 is 17.3 Å². The second kappa shape index (κ2) is 8.39. The van der Waals surface area contributed by atoms with Crippen LogP contribution in [0.5, 0.6) is 0 Å². The van der Waals surface area contributed by atoms with E-state index in [9.17, 15) is 0 Å². The van der Waals surface area contributed by atoms with Crippen LogP contribution >= 0.6 is 11.6 Å². The zero-order valence-corrected chi connectivity index (χ0v) is 12.6. The van der Waals surface area contributed by atoms with Crippen LogP contribution in [0.4, 0.5) is 5.69 Å². The number of hydrogen-bond donors (Lipinski definition) is 1. The highest BCUT2D eigenvalue weighted by atomic mass is 35.5. The van der Waals surface area contributed by atoms with Crippen LogP contribution in [0.2, 0.25) is 5.02 Å². The Balaban J connectivity index is 2.87. The van der Waals surface area contributed by atoms with E-state index in [1.165, 1.54) is 11.3 Å². The molecule has 0 bridgehead atoms. The van der Waals surface area contributed by atoms with Gasteiger partial charge < -0.3 is 10.2 Å². The second-order valence-corrected chi connectivity index (χ2v) is 4.97. The Morgan fingerprint density at radius 3 is 2.56 bits per heavy atom. The summed E-state index contributed by atoms with van der Waals surface area (Å²) in [4.78, 5) is 2.40. The molecule has 0 amide bonds. The summed E-state index contributed by atoms with van der Waals surface area (Å²) in [6.07, 6.45) is 2.32. The van der Waals surface area contributed by atoms with Gasteiger partial charge in [-0.3, -0.25) is 0 Å². The topological polar surface area (TPSA) is 15.3 Å². The molecule has 0 heterocycles. The summed E-state index contributed by atoms with van der Waals surface area (Å²) in [5.74, 6) is 0. The van der Waals surface area contributed by atoms with Crippen molar-refractivity contribution in [2.24, 2.45) is 0 Å². The Hall–Kier alpha value is -0.730. The summed E-state index contributed by atoms with van der Waals surface area (Å²) in [6.45, 7) is 10.7. The number of nitrogens with zero attached hydrogens (tertiary/aromatic N) is 1. The fourth-order valence-electron chi connectivity index (χ4n) is 2.10. The van der Waals surface area contributed by atoms with E-state index >= 15 is 0 Å². The quantitative estimate of drug-likeness (QED) is 0.715. The molecule has 1 rings (SSSR count). The fourth-order valence-corrected chi connectivity index (χ4v) is 2.27. The molecule has 0 spiro atoms. The third kappa shape index (κ3) is 4.51. The van der Waals surface area contributed by atoms with Crippen molar-refractivity contribution in [2.45, 2.75) is 40.2 Å². The summed E-state index contributed by atoms with van der Waals surface area (Å²) in [5, 5.41) is 4.28. The second-order valence-electron chi connectivity index (χ2n) is 4.53. The van der Waals surface area contributed by atoms with Crippen molar-refractivity contribution in [3.8, 4) is 0 Å². The van der Waals surface area contributed by atoms with Gasteiger partial charge in [-0.2, -0.15) is 0 Å². The Bertz CT molecular complexity index is 352. The first-order valence-electron chi connectivity index (χ1n) is 6.97. The summed E-state index contributed by atoms with van der Waals surface area (Å²) in [7, 11) is 0. The van der Waals surface area contributed by atoms with Gasteiger partial charge in [-0.1, -0.05) is 31.5 Å². The van der Waals surface area contributed by atoms with Gasteiger partial charge >= 0.3 is 0 Å². The molecule has 102 valence electrons. The summed E-state index contributed by atoms with van der Waals surface area (Å²) < 4.78 is 0. The minimum atomic E-state index is 0.818. The molecule has 1 N–H and O–H groups in total. The van der Waals surface area contributed by atoms with Crippen LogP contribution < -0.4 is 10.2 Å². The lowest BCUT2D eigenvalue weighted by Crippen LogP contribution is -2.26. The zero-order chi connectivity index (χ0) is 13.4. The molecule has 0 radical (unpaired) electrons. The zero-order valence-electron chi connectivity index (χ0n) is 11.8. The maximum atomic E-state index is 6.13. The molecule has 0 fully saturated rings. The lowest BCUT2D eigenvalue weighted by molar-refractivity contribution is 0.671. The van der Waals surface area contributed by atoms with Crippen LogP contribution in [0.1, 0.15) is 39.2 Å². The van der Waals surface area contributed by atoms with Gasteiger partial charge in [0.2, 0.25) is 0 Å². The first kappa shape index (κ1) is 15.3. The molecular weight excluding hydrogens is 244 g/mol. The first-order valence-corrected chi connectivity index (χ1v) is 7.34. The number of rotatable bonds is 8. The molecule has 18 heavy (non-hydrogen) atoms. The minimum absolute atomic E-state index is 0.818. The monoisotopic (exact) mass is 268 g/mol. The highest BCUT2D eigenvalue weighted by Gasteiger charge is 2.09. The molecular formula is C15H25ClN2. The summed E-state index contributed by atoms with van der Waals surface area (Å²) in [6, 6.07) is 6.20. The van der Waals surface area contributed by atoms with E-state index in [-0.39, 0.29) is 0 Å². The van der Waals surface area contributed by atoms with E-state index in [1.807, 2.05) is 6.07 Å². The van der Waals surface area contributed by atoms with Crippen molar-refractivity contribution in [1.82, 2.24) is 5.32 Å². The van der Waals surface area contributed by atoms with Crippen molar-refractivity contribution in [2.75, 3.05) is 24.5 Å².